The molecule has 0 aromatic rings. The van der Waals surface area contributed by atoms with Crippen molar-refractivity contribution in [3.8, 4) is 0 Å². The fourth-order valence-electron chi connectivity index (χ4n) is 2.16. The van der Waals surface area contributed by atoms with Crippen molar-refractivity contribution in [2.75, 3.05) is 33.4 Å². The molecule has 2 heterocycles. The molecule has 0 radical (unpaired) electrons. The molecule has 2 saturated heterocycles. The minimum absolute atomic E-state index is 0.539. The molecule has 2 atom stereocenters. The molecule has 3 heteroatoms. The molecule has 0 N–H and O–H groups in total. The lowest BCUT2D eigenvalue weighted by atomic mass is 10.2. The van der Waals surface area contributed by atoms with Gasteiger partial charge in [-0.15, -0.1) is 0 Å². The maximum absolute atomic E-state index is 5.52. The molecule has 2 aliphatic heterocycles. The highest BCUT2D eigenvalue weighted by atomic mass is 16.5. The molecule has 0 spiro atoms. The minimum atomic E-state index is 0.539. The van der Waals surface area contributed by atoms with Crippen LogP contribution in [0.2, 0.25) is 0 Å². The smallest absolute Gasteiger partial charge is 0.0718 e. The molecule has 0 amide bonds. The van der Waals surface area contributed by atoms with Crippen LogP contribution in [0, 0.1) is 0 Å². The molecule has 3 nitrogen and oxygen atoms in total. The highest BCUT2D eigenvalue weighted by Gasteiger charge is 2.38. The molecule has 0 unspecified atom stereocenters. The number of nitrogens with zero attached hydrogens (tertiary/aromatic N) is 1. The maximum Gasteiger partial charge on any atom is 0.0718 e. The Hall–Kier alpha value is -0.120. The lowest BCUT2D eigenvalue weighted by molar-refractivity contribution is 0.0274. The largest absolute Gasteiger partial charge is 0.385 e. The Balaban J connectivity index is 1.69. The Morgan fingerprint density at radius 1 is 1.58 bits per heavy atom. The van der Waals surface area contributed by atoms with E-state index in [9.17, 15) is 0 Å². The molecule has 2 rings (SSSR count). The van der Waals surface area contributed by atoms with Crippen molar-refractivity contribution in [2.45, 2.75) is 25.0 Å². The van der Waals surface area contributed by atoms with Crippen LogP contribution < -0.4 is 0 Å². The summed E-state index contributed by atoms with van der Waals surface area (Å²) in [6.07, 6.45) is 2.95. The average Bonchev–Trinajstić information content (AvgIpc) is 2.65. The van der Waals surface area contributed by atoms with Crippen LogP contribution in [0.4, 0.5) is 0 Å². The van der Waals surface area contributed by atoms with Crippen LogP contribution in [-0.2, 0) is 9.47 Å². The van der Waals surface area contributed by atoms with Gasteiger partial charge >= 0.3 is 0 Å². The van der Waals surface area contributed by atoms with E-state index in [1.807, 2.05) is 0 Å². The van der Waals surface area contributed by atoms with Crippen molar-refractivity contribution in [3.05, 3.63) is 0 Å². The zero-order valence-corrected chi connectivity index (χ0v) is 7.66. The second-order valence-electron chi connectivity index (χ2n) is 3.69. The fourth-order valence-corrected chi connectivity index (χ4v) is 2.16. The van der Waals surface area contributed by atoms with Gasteiger partial charge in [0.2, 0.25) is 0 Å². The normalized spacial score (nSPS) is 34.8. The van der Waals surface area contributed by atoms with Gasteiger partial charge in [0, 0.05) is 32.8 Å². The van der Waals surface area contributed by atoms with Gasteiger partial charge in [-0.3, -0.25) is 4.90 Å². The van der Waals surface area contributed by atoms with Crippen molar-refractivity contribution in [1.29, 1.82) is 0 Å². The van der Waals surface area contributed by atoms with E-state index >= 15 is 0 Å². The number of fused-ring (bicyclic) bond motifs is 2. The number of hydrogen-bond acceptors (Lipinski definition) is 3. The van der Waals surface area contributed by atoms with E-state index in [0.717, 1.165) is 26.2 Å². The summed E-state index contributed by atoms with van der Waals surface area (Å²) >= 11 is 0. The van der Waals surface area contributed by atoms with Gasteiger partial charge in [-0.2, -0.15) is 0 Å². The molecule has 0 aromatic carbocycles. The Kier molecular flexibility index (Phi) is 2.63. The molecular weight excluding hydrogens is 154 g/mol. The van der Waals surface area contributed by atoms with Crippen LogP contribution in [0.25, 0.3) is 0 Å². The van der Waals surface area contributed by atoms with Crippen molar-refractivity contribution >= 4 is 0 Å². The van der Waals surface area contributed by atoms with Crippen LogP contribution in [0.5, 0.6) is 0 Å². The van der Waals surface area contributed by atoms with Crippen LogP contribution in [-0.4, -0.2) is 50.5 Å². The average molecular weight is 171 g/mol. The molecule has 0 aliphatic carbocycles. The minimum Gasteiger partial charge on any atom is -0.385 e. The van der Waals surface area contributed by atoms with Gasteiger partial charge in [0.1, 0.15) is 0 Å². The monoisotopic (exact) mass is 171 g/mol. The van der Waals surface area contributed by atoms with Crippen molar-refractivity contribution < 1.29 is 9.47 Å². The van der Waals surface area contributed by atoms with Crippen LogP contribution in [0.15, 0.2) is 0 Å². The lowest BCUT2D eigenvalue weighted by Crippen LogP contribution is -2.37. The summed E-state index contributed by atoms with van der Waals surface area (Å²) in [6.45, 7) is 4.17. The van der Waals surface area contributed by atoms with Crippen LogP contribution in [0.3, 0.4) is 0 Å². The highest BCUT2D eigenvalue weighted by molar-refractivity contribution is 4.91. The van der Waals surface area contributed by atoms with E-state index in [2.05, 4.69) is 4.90 Å². The summed E-state index contributed by atoms with van der Waals surface area (Å²) in [6, 6.07) is 0.715. The van der Waals surface area contributed by atoms with Gasteiger partial charge in [0.05, 0.1) is 12.7 Å². The third kappa shape index (κ3) is 1.63. The predicted octanol–water partition coefficient (Wildman–Crippen LogP) is 0.496. The topological polar surface area (TPSA) is 21.7 Å². The number of morpholine rings is 1. The first-order valence-corrected chi connectivity index (χ1v) is 4.74. The first-order valence-electron chi connectivity index (χ1n) is 4.74. The van der Waals surface area contributed by atoms with Gasteiger partial charge in [-0.1, -0.05) is 0 Å². The number of rotatable bonds is 4. The highest BCUT2D eigenvalue weighted by Crippen LogP contribution is 2.27. The van der Waals surface area contributed by atoms with Gasteiger partial charge in [-0.25, -0.2) is 0 Å². The molecule has 0 saturated carbocycles. The summed E-state index contributed by atoms with van der Waals surface area (Å²) in [5, 5.41) is 0. The third-order valence-electron chi connectivity index (χ3n) is 2.81. The number of likely N-dealkylation sites (tertiary alicyclic amines) is 1. The first-order chi connectivity index (χ1) is 5.90. The zero-order chi connectivity index (χ0) is 8.39. The predicted molar refractivity (Wildman–Crippen MR) is 46.2 cm³/mol. The van der Waals surface area contributed by atoms with Gasteiger partial charge in [0.15, 0.2) is 0 Å². The molecule has 70 valence electrons. The number of ether oxygens (including phenoxy) is 2. The summed E-state index contributed by atoms with van der Waals surface area (Å²) in [5.74, 6) is 0. The Bertz CT molecular complexity index is 151. The van der Waals surface area contributed by atoms with Crippen LogP contribution in [0.1, 0.15) is 12.8 Å². The van der Waals surface area contributed by atoms with E-state index in [1.165, 1.54) is 13.0 Å². The zero-order valence-electron chi connectivity index (χ0n) is 7.66. The quantitative estimate of drug-likeness (QED) is 0.575. The molecule has 12 heavy (non-hydrogen) atoms. The summed E-state index contributed by atoms with van der Waals surface area (Å²) in [5.41, 5.74) is 0. The van der Waals surface area contributed by atoms with E-state index < -0.39 is 0 Å². The summed E-state index contributed by atoms with van der Waals surface area (Å²) in [7, 11) is 1.76. The van der Waals surface area contributed by atoms with Gasteiger partial charge in [0.25, 0.3) is 0 Å². The van der Waals surface area contributed by atoms with E-state index in [4.69, 9.17) is 9.47 Å². The van der Waals surface area contributed by atoms with Crippen molar-refractivity contribution in [2.24, 2.45) is 0 Å². The summed E-state index contributed by atoms with van der Waals surface area (Å²) < 4.78 is 10.5. The van der Waals surface area contributed by atoms with Crippen molar-refractivity contribution in [3.63, 3.8) is 0 Å². The van der Waals surface area contributed by atoms with E-state index in [-0.39, 0.29) is 0 Å². The fraction of sp³-hybridized carbons (Fsp3) is 1.00. The van der Waals surface area contributed by atoms with E-state index in [1.54, 1.807) is 7.11 Å². The van der Waals surface area contributed by atoms with Gasteiger partial charge < -0.3 is 9.47 Å². The molecule has 0 aromatic heterocycles. The Morgan fingerprint density at radius 3 is 3.08 bits per heavy atom. The maximum atomic E-state index is 5.52. The second kappa shape index (κ2) is 3.73. The van der Waals surface area contributed by atoms with E-state index in [0.29, 0.717) is 12.1 Å². The molecule has 2 aliphatic rings. The van der Waals surface area contributed by atoms with Crippen molar-refractivity contribution in [1.82, 2.24) is 4.90 Å². The SMILES string of the molecule is COCCCN1C[C@H]2C[C@@H]1CO2. The molecular formula is C9H17NO2. The Labute approximate surface area is 73.6 Å². The molecule has 2 bridgehead atoms. The number of methoxy groups -OCH3 is 1. The summed E-state index contributed by atoms with van der Waals surface area (Å²) in [4.78, 5) is 2.53. The Morgan fingerprint density at radius 2 is 2.50 bits per heavy atom. The first kappa shape index (κ1) is 8.48. The van der Waals surface area contributed by atoms with Crippen LogP contribution >= 0.6 is 0 Å². The molecule has 2 fully saturated rings. The standard InChI is InChI=1S/C9H17NO2/c1-11-4-2-3-10-6-9-5-8(10)7-12-9/h8-9H,2-7H2,1H3/t8-,9-/m1/s1. The van der Waals surface area contributed by atoms with Gasteiger partial charge in [-0.05, 0) is 12.8 Å². The third-order valence-corrected chi connectivity index (χ3v) is 2.81. The number of hydrogen-bond donors (Lipinski definition) is 0. The second-order valence-corrected chi connectivity index (χ2v) is 3.69. The lowest BCUT2D eigenvalue weighted by Gasteiger charge is -2.26.